The van der Waals surface area contributed by atoms with Crippen molar-refractivity contribution in [3.63, 3.8) is 0 Å². The van der Waals surface area contributed by atoms with Crippen molar-refractivity contribution in [2.75, 3.05) is 13.1 Å². The van der Waals surface area contributed by atoms with Crippen molar-refractivity contribution < 1.29 is 0 Å². The number of benzene rings is 1. The Bertz CT molecular complexity index is 588. The summed E-state index contributed by atoms with van der Waals surface area (Å²) in [5, 5.41) is 0. The normalized spacial score (nSPS) is 19.8. The predicted octanol–water partition coefficient (Wildman–Crippen LogP) is 3.59. The summed E-state index contributed by atoms with van der Waals surface area (Å²) in [6, 6.07) is 8.84. The van der Waals surface area contributed by atoms with Gasteiger partial charge >= 0.3 is 0 Å². The van der Waals surface area contributed by atoms with Crippen molar-refractivity contribution in [2.45, 2.75) is 45.7 Å². The lowest BCUT2D eigenvalue weighted by atomic mass is 9.88. The molecule has 0 spiro atoms. The maximum Gasteiger partial charge on any atom is 0.122 e. The Balaban J connectivity index is 1.70. The molecule has 112 valence electrons. The van der Waals surface area contributed by atoms with Gasteiger partial charge in [-0.25, -0.2) is 4.98 Å². The van der Waals surface area contributed by atoms with Gasteiger partial charge in [-0.05, 0) is 50.3 Å². The van der Waals surface area contributed by atoms with Crippen LogP contribution in [0, 0.1) is 6.92 Å². The average Bonchev–Trinajstić information content (AvgIpc) is 2.95. The van der Waals surface area contributed by atoms with E-state index in [1.54, 1.807) is 0 Å². The molecule has 2 aromatic rings. The molecular weight excluding hydrogens is 258 g/mol. The molecule has 1 fully saturated rings. The summed E-state index contributed by atoms with van der Waals surface area (Å²) >= 11 is 0. The van der Waals surface area contributed by atoms with E-state index in [0.29, 0.717) is 5.92 Å². The first-order valence-electron chi connectivity index (χ1n) is 8.06. The van der Waals surface area contributed by atoms with Gasteiger partial charge in [-0.15, -0.1) is 0 Å². The summed E-state index contributed by atoms with van der Waals surface area (Å²) in [4.78, 5) is 7.08. The van der Waals surface area contributed by atoms with Crippen LogP contribution in [0.3, 0.4) is 0 Å². The van der Waals surface area contributed by atoms with Gasteiger partial charge in [0.2, 0.25) is 0 Å². The summed E-state index contributed by atoms with van der Waals surface area (Å²) < 4.78 is 2.25. The van der Waals surface area contributed by atoms with Gasteiger partial charge in [0.1, 0.15) is 5.82 Å². The van der Waals surface area contributed by atoms with Crippen LogP contribution in [0.1, 0.15) is 42.6 Å². The van der Waals surface area contributed by atoms with Gasteiger partial charge < -0.3 is 4.57 Å². The maximum atomic E-state index is 4.52. The molecule has 0 radical (unpaired) electrons. The molecule has 1 unspecified atom stereocenters. The molecule has 0 saturated carbocycles. The fourth-order valence-corrected chi connectivity index (χ4v) is 3.48. The van der Waals surface area contributed by atoms with Crippen LogP contribution in [0.25, 0.3) is 0 Å². The van der Waals surface area contributed by atoms with Gasteiger partial charge in [0, 0.05) is 25.5 Å². The first kappa shape index (κ1) is 14.3. The summed E-state index contributed by atoms with van der Waals surface area (Å²) in [6.07, 6.45) is 6.59. The van der Waals surface area contributed by atoms with Gasteiger partial charge in [-0.3, -0.25) is 4.90 Å². The number of nitrogens with zero attached hydrogens (tertiary/aromatic N) is 3. The fourth-order valence-electron chi connectivity index (χ4n) is 3.48. The van der Waals surface area contributed by atoms with Crippen LogP contribution in [0.5, 0.6) is 0 Å². The molecule has 1 aromatic carbocycles. The fraction of sp³-hybridized carbons (Fsp3) is 0.500. The number of aryl methyl sites for hydroxylation is 2. The third-order valence-corrected chi connectivity index (χ3v) is 4.64. The van der Waals surface area contributed by atoms with Crippen LogP contribution in [0.4, 0.5) is 0 Å². The quantitative estimate of drug-likeness (QED) is 0.855. The van der Waals surface area contributed by atoms with Gasteiger partial charge in [0.25, 0.3) is 0 Å². The predicted molar refractivity (Wildman–Crippen MR) is 86.3 cm³/mol. The van der Waals surface area contributed by atoms with E-state index < -0.39 is 0 Å². The van der Waals surface area contributed by atoms with Crippen molar-refractivity contribution in [3.8, 4) is 0 Å². The standard InChI is InChI=1S/C18H25N3/c1-3-21-12-10-19-18(21)14-20-11-6-8-16(13-20)17-9-5-4-7-15(17)2/h4-5,7,9-10,12,16H,3,6,8,11,13-14H2,1-2H3. The molecule has 0 N–H and O–H groups in total. The van der Waals surface area contributed by atoms with Crippen molar-refractivity contribution in [3.05, 3.63) is 53.6 Å². The van der Waals surface area contributed by atoms with Crippen LogP contribution in [-0.4, -0.2) is 27.5 Å². The van der Waals surface area contributed by atoms with E-state index in [4.69, 9.17) is 0 Å². The second-order valence-electron chi connectivity index (χ2n) is 6.06. The molecular formula is C18H25N3. The highest BCUT2D eigenvalue weighted by atomic mass is 15.2. The molecule has 0 bridgehead atoms. The van der Waals surface area contributed by atoms with Crippen LogP contribution in [0.2, 0.25) is 0 Å². The smallest absolute Gasteiger partial charge is 0.122 e. The zero-order valence-corrected chi connectivity index (χ0v) is 13.1. The molecule has 0 amide bonds. The van der Waals surface area contributed by atoms with E-state index in [2.05, 4.69) is 58.8 Å². The van der Waals surface area contributed by atoms with Crippen LogP contribution < -0.4 is 0 Å². The van der Waals surface area contributed by atoms with Crippen molar-refractivity contribution >= 4 is 0 Å². The molecule has 2 heterocycles. The molecule has 1 aromatic heterocycles. The highest BCUT2D eigenvalue weighted by Gasteiger charge is 2.23. The van der Waals surface area contributed by atoms with Gasteiger partial charge in [-0.2, -0.15) is 0 Å². The monoisotopic (exact) mass is 283 g/mol. The lowest BCUT2D eigenvalue weighted by molar-refractivity contribution is 0.193. The molecule has 1 atom stereocenters. The maximum absolute atomic E-state index is 4.52. The minimum Gasteiger partial charge on any atom is -0.334 e. The number of aromatic nitrogens is 2. The van der Waals surface area contributed by atoms with E-state index in [-0.39, 0.29) is 0 Å². The zero-order valence-electron chi connectivity index (χ0n) is 13.1. The SMILES string of the molecule is CCn1ccnc1CN1CCCC(c2ccccc2C)C1. The lowest BCUT2D eigenvalue weighted by Crippen LogP contribution is -2.35. The minimum atomic E-state index is 0.671. The summed E-state index contributed by atoms with van der Waals surface area (Å²) in [5.74, 6) is 1.87. The van der Waals surface area contributed by atoms with Crippen molar-refractivity contribution in [1.29, 1.82) is 0 Å². The molecule has 1 aliphatic heterocycles. The summed E-state index contributed by atoms with van der Waals surface area (Å²) in [6.45, 7) is 8.74. The van der Waals surface area contributed by atoms with E-state index in [1.165, 1.54) is 36.3 Å². The van der Waals surface area contributed by atoms with Crippen LogP contribution in [-0.2, 0) is 13.1 Å². The topological polar surface area (TPSA) is 21.1 Å². The third kappa shape index (κ3) is 3.18. The van der Waals surface area contributed by atoms with Crippen LogP contribution in [0.15, 0.2) is 36.7 Å². The largest absolute Gasteiger partial charge is 0.334 e. The van der Waals surface area contributed by atoms with Gasteiger partial charge in [0.05, 0.1) is 6.54 Å². The molecule has 3 rings (SSSR count). The van der Waals surface area contributed by atoms with E-state index >= 15 is 0 Å². The molecule has 1 aliphatic rings. The second kappa shape index (κ2) is 6.44. The molecule has 3 nitrogen and oxygen atoms in total. The Hall–Kier alpha value is -1.61. The van der Waals surface area contributed by atoms with Gasteiger partial charge in [-0.1, -0.05) is 24.3 Å². The number of likely N-dealkylation sites (tertiary alicyclic amines) is 1. The Labute approximate surface area is 127 Å². The first-order chi connectivity index (χ1) is 10.3. The number of rotatable bonds is 4. The third-order valence-electron chi connectivity index (χ3n) is 4.64. The Morgan fingerprint density at radius 3 is 2.95 bits per heavy atom. The minimum absolute atomic E-state index is 0.671. The Morgan fingerprint density at radius 1 is 1.29 bits per heavy atom. The zero-order chi connectivity index (χ0) is 14.7. The Kier molecular flexibility index (Phi) is 4.39. The molecule has 1 saturated heterocycles. The lowest BCUT2D eigenvalue weighted by Gasteiger charge is -2.33. The van der Waals surface area contributed by atoms with E-state index in [1.807, 2.05) is 6.20 Å². The number of hydrogen-bond donors (Lipinski definition) is 0. The van der Waals surface area contributed by atoms with E-state index in [9.17, 15) is 0 Å². The van der Waals surface area contributed by atoms with Crippen molar-refractivity contribution in [1.82, 2.24) is 14.5 Å². The second-order valence-corrected chi connectivity index (χ2v) is 6.06. The first-order valence-corrected chi connectivity index (χ1v) is 8.06. The highest BCUT2D eigenvalue weighted by Crippen LogP contribution is 2.29. The number of piperidine rings is 1. The van der Waals surface area contributed by atoms with Crippen LogP contribution >= 0.6 is 0 Å². The van der Waals surface area contributed by atoms with E-state index in [0.717, 1.165) is 19.6 Å². The number of imidazole rings is 1. The van der Waals surface area contributed by atoms with Crippen molar-refractivity contribution in [2.24, 2.45) is 0 Å². The highest BCUT2D eigenvalue weighted by molar-refractivity contribution is 5.29. The number of hydrogen-bond acceptors (Lipinski definition) is 2. The average molecular weight is 283 g/mol. The Morgan fingerprint density at radius 2 is 2.14 bits per heavy atom. The molecule has 3 heteroatoms. The summed E-state index contributed by atoms with van der Waals surface area (Å²) in [7, 11) is 0. The molecule has 0 aliphatic carbocycles. The molecule has 21 heavy (non-hydrogen) atoms. The summed E-state index contributed by atoms with van der Waals surface area (Å²) in [5.41, 5.74) is 2.96. The van der Waals surface area contributed by atoms with Gasteiger partial charge in [0.15, 0.2) is 0 Å².